The van der Waals surface area contributed by atoms with Crippen LogP contribution in [0.15, 0.2) is 0 Å². The number of rotatable bonds is 5. The van der Waals surface area contributed by atoms with E-state index in [9.17, 15) is 5.11 Å². The van der Waals surface area contributed by atoms with Crippen LogP contribution in [0, 0.1) is 0 Å². The van der Waals surface area contributed by atoms with E-state index < -0.39 is 0 Å². The second kappa shape index (κ2) is 5.10. The molecule has 1 aliphatic heterocycles. The number of hydrogen-bond acceptors (Lipinski definition) is 3. The first-order valence-corrected chi connectivity index (χ1v) is 5.60. The fourth-order valence-corrected chi connectivity index (χ4v) is 1.94. The minimum Gasteiger partial charge on any atom is -0.392 e. The minimum absolute atomic E-state index is 0.0164. The van der Waals surface area contributed by atoms with Crippen molar-refractivity contribution in [3.05, 3.63) is 0 Å². The van der Waals surface area contributed by atoms with Crippen molar-refractivity contribution in [1.29, 1.82) is 0 Å². The van der Waals surface area contributed by atoms with Crippen LogP contribution in [0.25, 0.3) is 0 Å². The van der Waals surface area contributed by atoms with Crippen LogP contribution in [0.3, 0.4) is 0 Å². The van der Waals surface area contributed by atoms with Crippen molar-refractivity contribution < 1.29 is 9.84 Å². The van der Waals surface area contributed by atoms with Crippen LogP contribution in [-0.2, 0) is 4.74 Å². The summed E-state index contributed by atoms with van der Waals surface area (Å²) >= 11 is 0. The molecule has 84 valence electrons. The number of aliphatic hydroxyl groups is 1. The number of aliphatic hydroxyl groups excluding tert-OH is 1. The lowest BCUT2D eigenvalue weighted by Gasteiger charge is -2.21. The summed E-state index contributed by atoms with van der Waals surface area (Å²) in [5, 5.41) is 12.8. The zero-order valence-corrected chi connectivity index (χ0v) is 9.55. The van der Waals surface area contributed by atoms with Gasteiger partial charge in [-0.3, -0.25) is 0 Å². The first-order chi connectivity index (χ1) is 6.53. The number of nitrogens with one attached hydrogen (secondary N) is 1. The van der Waals surface area contributed by atoms with Gasteiger partial charge >= 0.3 is 0 Å². The zero-order chi connectivity index (χ0) is 10.6. The minimum atomic E-state index is -0.270. The Morgan fingerprint density at radius 3 is 2.79 bits per heavy atom. The van der Waals surface area contributed by atoms with E-state index >= 15 is 0 Å². The average Bonchev–Trinajstić information content (AvgIpc) is 2.42. The van der Waals surface area contributed by atoms with Crippen LogP contribution in [-0.4, -0.2) is 36.0 Å². The topological polar surface area (TPSA) is 41.5 Å². The van der Waals surface area contributed by atoms with Crippen molar-refractivity contribution in [3.8, 4) is 0 Å². The molecule has 0 aromatic heterocycles. The Morgan fingerprint density at radius 2 is 2.29 bits per heavy atom. The maximum absolute atomic E-state index is 9.67. The summed E-state index contributed by atoms with van der Waals surface area (Å²) in [6, 6.07) is 0. The maximum Gasteiger partial charge on any atom is 0.0689 e. The summed E-state index contributed by atoms with van der Waals surface area (Å²) in [6.07, 6.45) is 2.92. The molecule has 1 aliphatic rings. The molecule has 0 bridgehead atoms. The summed E-state index contributed by atoms with van der Waals surface area (Å²) in [5.74, 6) is 0. The van der Waals surface area contributed by atoms with Crippen LogP contribution in [0.4, 0.5) is 0 Å². The lowest BCUT2D eigenvalue weighted by Crippen LogP contribution is -2.30. The van der Waals surface area contributed by atoms with E-state index in [-0.39, 0.29) is 17.8 Å². The van der Waals surface area contributed by atoms with Crippen molar-refractivity contribution in [2.45, 2.75) is 57.8 Å². The predicted molar refractivity (Wildman–Crippen MR) is 57.4 cm³/mol. The Morgan fingerprint density at radius 1 is 1.57 bits per heavy atom. The summed E-state index contributed by atoms with van der Waals surface area (Å²) in [6.45, 7) is 7.86. The molecule has 2 N–H and O–H groups in total. The normalized spacial score (nSPS) is 27.9. The van der Waals surface area contributed by atoms with Crippen molar-refractivity contribution >= 4 is 0 Å². The fourth-order valence-electron chi connectivity index (χ4n) is 1.94. The lowest BCUT2D eigenvalue weighted by molar-refractivity contribution is -0.0342. The molecule has 3 heteroatoms. The van der Waals surface area contributed by atoms with Gasteiger partial charge in [0.15, 0.2) is 0 Å². The van der Waals surface area contributed by atoms with E-state index in [1.54, 1.807) is 0 Å². The molecule has 0 saturated carbocycles. The Kier molecular flexibility index (Phi) is 4.35. The fraction of sp³-hybridized carbons (Fsp3) is 1.00. The Hall–Kier alpha value is -0.120. The summed E-state index contributed by atoms with van der Waals surface area (Å²) < 4.78 is 5.81. The van der Waals surface area contributed by atoms with Gasteiger partial charge in [-0.25, -0.2) is 0 Å². The molecule has 14 heavy (non-hydrogen) atoms. The Bertz CT molecular complexity index is 171. The van der Waals surface area contributed by atoms with Gasteiger partial charge < -0.3 is 15.2 Å². The van der Waals surface area contributed by atoms with E-state index in [0.29, 0.717) is 6.54 Å². The van der Waals surface area contributed by atoms with Gasteiger partial charge in [-0.1, -0.05) is 6.92 Å². The Balaban J connectivity index is 2.18. The molecule has 1 fully saturated rings. The third-order valence-corrected chi connectivity index (χ3v) is 2.72. The highest BCUT2D eigenvalue weighted by atomic mass is 16.5. The lowest BCUT2D eigenvalue weighted by atomic mass is 10.0. The van der Waals surface area contributed by atoms with E-state index in [4.69, 9.17) is 4.74 Å². The number of ether oxygens (including phenoxy) is 1. The van der Waals surface area contributed by atoms with Crippen molar-refractivity contribution in [2.24, 2.45) is 0 Å². The summed E-state index contributed by atoms with van der Waals surface area (Å²) in [4.78, 5) is 0. The SMILES string of the molecule is CCNCC(O)CC1CCC(C)(C)O1. The van der Waals surface area contributed by atoms with Gasteiger partial charge in [0, 0.05) is 13.0 Å². The highest BCUT2D eigenvalue weighted by Crippen LogP contribution is 2.31. The molecule has 0 aliphatic carbocycles. The number of hydrogen-bond donors (Lipinski definition) is 2. The van der Waals surface area contributed by atoms with Crippen LogP contribution >= 0.6 is 0 Å². The molecule has 2 unspecified atom stereocenters. The van der Waals surface area contributed by atoms with Crippen LogP contribution in [0.2, 0.25) is 0 Å². The molecule has 0 spiro atoms. The monoisotopic (exact) mass is 201 g/mol. The molecule has 0 aromatic rings. The molecule has 0 radical (unpaired) electrons. The van der Waals surface area contributed by atoms with Gasteiger partial charge in [0.05, 0.1) is 17.8 Å². The first-order valence-electron chi connectivity index (χ1n) is 5.60. The molecular weight excluding hydrogens is 178 g/mol. The second-order valence-electron chi connectivity index (χ2n) is 4.74. The van der Waals surface area contributed by atoms with Gasteiger partial charge in [0.1, 0.15) is 0 Å². The average molecular weight is 201 g/mol. The smallest absolute Gasteiger partial charge is 0.0689 e. The second-order valence-corrected chi connectivity index (χ2v) is 4.74. The largest absolute Gasteiger partial charge is 0.392 e. The summed E-state index contributed by atoms with van der Waals surface area (Å²) in [5.41, 5.74) is 0.0164. The van der Waals surface area contributed by atoms with Gasteiger partial charge in [-0.15, -0.1) is 0 Å². The van der Waals surface area contributed by atoms with Gasteiger partial charge in [-0.2, -0.15) is 0 Å². The third kappa shape index (κ3) is 3.95. The van der Waals surface area contributed by atoms with Gasteiger partial charge in [0.2, 0.25) is 0 Å². The van der Waals surface area contributed by atoms with Crippen LogP contribution in [0.5, 0.6) is 0 Å². The number of likely N-dealkylation sites (N-methyl/N-ethyl adjacent to an activating group) is 1. The van der Waals surface area contributed by atoms with Crippen LogP contribution < -0.4 is 5.32 Å². The highest BCUT2D eigenvalue weighted by molar-refractivity contribution is 4.82. The molecular formula is C11H23NO2. The molecule has 3 nitrogen and oxygen atoms in total. The van der Waals surface area contributed by atoms with Crippen LogP contribution in [0.1, 0.15) is 40.0 Å². The van der Waals surface area contributed by atoms with Gasteiger partial charge in [0.25, 0.3) is 0 Å². The standard InChI is InChI=1S/C11H23NO2/c1-4-12-8-9(13)7-10-5-6-11(2,3)14-10/h9-10,12-13H,4-8H2,1-3H3. The van der Waals surface area contributed by atoms with Crippen molar-refractivity contribution in [1.82, 2.24) is 5.32 Å². The maximum atomic E-state index is 9.67. The highest BCUT2D eigenvalue weighted by Gasteiger charge is 2.32. The molecule has 0 aromatic carbocycles. The molecule has 2 atom stereocenters. The van der Waals surface area contributed by atoms with Crippen molar-refractivity contribution in [3.63, 3.8) is 0 Å². The first kappa shape index (κ1) is 12.0. The van der Waals surface area contributed by atoms with E-state index in [1.165, 1.54) is 0 Å². The molecule has 1 heterocycles. The molecule has 1 saturated heterocycles. The third-order valence-electron chi connectivity index (χ3n) is 2.72. The summed E-state index contributed by atoms with van der Waals surface area (Å²) in [7, 11) is 0. The Labute approximate surface area is 86.8 Å². The quantitative estimate of drug-likeness (QED) is 0.704. The zero-order valence-electron chi connectivity index (χ0n) is 9.55. The van der Waals surface area contributed by atoms with E-state index in [1.807, 2.05) is 6.92 Å². The van der Waals surface area contributed by atoms with E-state index in [0.717, 1.165) is 25.8 Å². The van der Waals surface area contributed by atoms with E-state index in [2.05, 4.69) is 19.2 Å². The predicted octanol–water partition coefficient (Wildman–Crippen LogP) is 1.30. The van der Waals surface area contributed by atoms with Gasteiger partial charge in [-0.05, 0) is 33.2 Å². The van der Waals surface area contributed by atoms with Crippen molar-refractivity contribution in [2.75, 3.05) is 13.1 Å². The molecule has 1 rings (SSSR count). The molecule has 0 amide bonds.